The van der Waals surface area contributed by atoms with Crippen molar-refractivity contribution in [1.82, 2.24) is 0 Å². The normalized spacial score (nSPS) is 12.3. The second-order valence-corrected chi connectivity index (χ2v) is 14.4. The van der Waals surface area contributed by atoms with E-state index >= 15 is 0 Å². The zero-order valence-electron chi connectivity index (χ0n) is 14.6. The number of esters is 1. The molecule has 0 fully saturated rings. The monoisotopic (exact) mass is 332 g/mol. The van der Waals surface area contributed by atoms with Crippen LogP contribution in [-0.2, 0) is 18.1 Å². The zero-order chi connectivity index (χ0) is 16.5. The number of ether oxygens (including phenoxy) is 1. The van der Waals surface area contributed by atoms with Crippen molar-refractivity contribution in [3.8, 4) is 0 Å². The third-order valence-corrected chi connectivity index (χ3v) is 9.61. The minimum absolute atomic E-state index is 0.337. The number of carbonyl (C=O) groups is 1. The van der Waals surface area contributed by atoms with E-state index in [1.54, 1.807) is 6.92 Å². The minimum Gasteiger partial charge on any atom is -0.462 e. The number of hydrogen-bond donors (Lipinski definition) is 0. The minimum atomic E-state index is -2.08. The van der Waals surface area contributed by atoms with Crippen molar-refractivity contribution in [2.45, 2.75) is 65.3 Å². The molecule has 0 atom stereocenters. The maximum atomic E-state index is 11.2. The van der Waals surface area contributed by atoms with E-state index in [1.807, 2.05) is 0 Å². The zero-order valence-corrected chi connectivity index (χ0v) is 16.6. The second kappa shape index (κ2) is 9.55. The average Bonchev–Trinajstić information content (AvgIpc) is 2.34. The van der Waals surface area contributed by atoms with Gasteiger partial charge in [0, 0.05) is 18.6 Å². The van der Waals surface area contributed by atoms with Crippen LogP contribution in [0.1, 0.15) is 33.1 Å². The van der Waals surface area contributed by atoms with Crippen molar-refractivity contribution < 1.29 is 18.1 Å². The summed E-state index contributed by atoms with van der Waals surface area (Å²) in [5, 5.41) is 0. The Labute approximate surface area is 132 Å². The van der Waals surface area contributed by atoms with Gasteiger partial charge in [0.05, 0.1) is 6.61 Å². The highest BCUT2D eigenvalue weighted by Gasteiger charge is 2.34. The molecule has 0 aliphatic carbocycles. The summed E-state index contributed by atoms with van der Waals surface area (Å²) >= 11 is 0. The third kappa shape index (κ3) is 10.9. The standard InChI is InChI=1S/C15H32O4Si2/c1-8-9-13-20(4,5)19-21(6,7)18-12-10-11-17-15(16)14(2)3/h2,8-13H2,1,3-7H3. The van der Waals surface area contributed by atoms with Crippen LogP contribution in [0.15, 0.2) is 12.2 Å². The average molecular weight is 333 g/mol. The molecule has 0 spiro atoms. The van der Waals surface area contributed by atoms with Crippen molar-refractivity contribution in [2.75, 3.05) is 13.2 Å². The van der Waals surface area contributed by atoms with Crippen LogP contribution in [0.2, 0.25) is 32.2 Å². The molecular weight excluding hydrogens is 300 g/mol. The second-order valence-electron chi connectivity index (χ2n) is 6.48. The molecule has 0 heterocycles. The Balaban J connectivity index is 3.97. The van der Waals surface area contributed by atoms with Gasteiger partial charge in [-0.15, -0.1) is 0 Å². The summed E-state index contributed by atoms with van der Waals surface area (Å²) in [6, 6.07) is 1.18. The highest BCUT2D eigenvalue weighted by molar-refractivity contribution is 6.82. The summed E-state index contributed by atoms with van der Waals surface area (Å²) in [7, 11) is -3.71. The summed E-state index contributed by atoms with van der Waals surface area (Å²) in [5.74, 6) is -0.337. The molecular formula is C15H32O4Si2. The maximum absolute atomic E-state index is 11.2. The Hall–Kier alpha value is -0.436. The van der Waals surface area contributed by atoms with Crippen LogP contribution >= 0.6 is 0 Å². The Morgan fingerprint density at radius 3 is 2.24 bits per heavy atom. The van der Waals surface area contributed by atoms with E-state index in [4.69, 9.17) is 13.3 Å². The van der Waals surface area contributed by atoms with E-state index in [-0.39, 0.29) is 5.97 Å². The molecule has 6 heteroatoms. The number of carbonyl (C=O) groups excluding carboxylic acids is 1. The van der Waals surface area contributed by atoms with Gasteiger partial charge in [0.25, 0.3) is 0 Å². The molecule has 4 nitrogen and oxygen atoms in total. The number of hydrogen-bond acceptors (Lipinski definition) is 4. The molecule has 0 aromatic carbocycles. The van der Waals surface area contributed by atoms with Gasteiger partial charge in [-0.25, -0.2) is 4.79 Å². The Kier molecular flexibility index (Phi) is 9.36. The van der Waals surface area contributed by atoms with Crippen LogP contribution in [0.4, 0.5) is 0 Å². The van der Waals surface area contributed by atoms with Gasteiger partial charge in [0.1, 0.15) is 0 Å². The highest BCUT2D eigenvalue weighted by atomic mass is 28.4. The van der Waals surface area contributed by atoms with E-state index in [2.05, 4.69) is 39.7 Å². The van der Waals surface area contributed by atoms with Crippen molar-refractivity contribution >= 4 is 22.8 Å². The lowest BCUT2D eigenvalue weighted by atomic mass is 10.4. The van der Waals surface area contributed by atoms with Crippen LogP contribution < -0.4 is 0 Å². The largest absolute Gasteiger partial charge is 0.462 e. The summed E-state index contributed by atoms with van der Waals surface area (Å²) in [6.45, 7) is 17.0. The molecule has 124 valence electrons. The fourth-order valence-electron chi connectivity index (χ4n) is 2.01. The molecule has 21 heavy (non-hydrogen) atoms. The van der Waals surface area contributed by atoms with Crippen LogP contribution in [0.3, 0.4) is 0 Å². The first-order valence-electron chi connectivity index (χ1n) is 7.76. The molecule has 0 rings (SSSR count). The van der Waals surface area contributed by atoms with Gasteiger partial charge in [0.2, 0.25) is 0 Å². The topological polar surface area (TPSA) is 44.8 Å². The first-order chi connectivity index (χ1) is 9.59. The van der Waals surface area contributed by atoms with Gasteiger partial charge in [-0.3, -0.25) is 0 Å². The van der Waals surface area contributed by atoms with Gasteiger partial charge >= 0.3 is 14.5 Å². The van der Waals surface area contributed by atoms with Crippen molar-refractivity contribution in [1.29, 1.82) is 0 Å². The molecule has 0 aromatic rings. The number of rotatable bonds is 11. The Bertz CT molecular complexity index is 341. The maximum Gasteiger partial charge on any atom is 0.333 e. The SMILES string of the molecule is C=C(C)C(=O)OCCCO[Si](C)(C)O[Si](C)(C)CCCC. The summed E-state index contributed by atoms with van der Waals surface area (Å²) in [6.07, 6.45) is 3.12. The smallest absolute Gasteiger partial charge is 0.333 e. The van der Waals surface area contributed by atoms with Crippen LogP contribution in [0.5, 0.6) is 0 Å². The molecule has 0 aromatic heterocycles. The van der Waals surface area contributed by atoms with Gasteiger partial charge in [-0.2, -0.15) is 0 Å². The van der Waals surface area contributed by atoms with Gasteiger partial charge < -0.3 is 13.3 Å². The lowest BCUT2D eigenvalue weighted by Crippen LogP contribution is -2.46. The van der Waals surface area contributed by atoms with Gasteiger partial charge in [0.15, 0.2) is 8.32 Å². The fourth-order valence-corrected chi connectivity index (χ4v) is 9.82. The highest BCUT2D eigenvalue weighted by Crippen LogP contribution is 2.21. The predicted molar refractivity (Wildman–Crippen MR) is 92.1 cm³/mol. The number of unbranched alkanes of at least 4 members (excludes halogenated alkanes) is 1. The molecule has 0 unspecified atom stereocenters. The quantitative estimate of drug-likeness (QED) is 0.246. The molecule has 0 aliphatic heterocycles. The van der Waals surface area contributed by atoms with Gasteiger partial charge in [-0.05, 0) is 39.2 Å². The lowest BCUT2D eigenvalue weighted by molar-refractivity contribution is -0.139. The van der Waals surface area contributed by atoms with E-state index < -0.39 is 16.9 Å². The van der Waals surface area contributed by atoms with Crippen LogP contribution in [0.25, 0.3) is 0 Å². The van der Waals surface area contributed by atoms with Crippen LogP contribution in [0, 0.1) is 0 Å². The predicted octanol–water partition coefficient (Wildman–Crippen LogP) is 4.24. The van der Waals surface area contributed by atoms with E-state index in [0.717, 1.165) is 0 Å². The first-order valence-corrected chi connectivity index (χ1v) is 13.7. The van der Waals surface area contributed by atoms with Crippen LogP contribution in [-0.4, -0.2) is 36.1 Å². The Morgan fingerprint density at radius 2 is 1.71 bits per heavy atom. The molecule has 0 saturated carbocycles. The molecule has 0 radical (unpaired) electrons. The molecule has 0 aliphatic rings. The lowest BCUT2D eigenvalue weighted by Gasteiger charge is -2.33. The van der Waals surface area contributed by atoms with E-state index in [1.165, 1.54) is 18.9 Å². The van der Waals surface area contributed by atoms with E-state index in [9.17, 15) is 4.79 Å². The van der Waals surface area contributed by atoms with E-state index in [0.29, 0.717) is 25.2 Å². The third-order valence-electron chi connectivity index (χ3n) is 2.97. The summed E-state index contributed by atoms with van der Waals surface area (Å²) in [5.41, 5.74) is 0.428. The molecule has 0 amide bonds. The summed E-state index contributed by atoms with van der Waals surface area (Å²) in [4.78, 5) is 11.2. The van der Waals surface area contributed by atoms with Crippen molar-refractivity contribution in [2.24, 2.45) is 0 Å². The van der Waals surface area contributed by atoms with Crippen molar-refractivity contribution in [3.05, 3.63) is 12.2 Å². The van der Waals surface area contributed by atoms with Crippen molar-refractivity contribution in [3.63, 3.8) is 0 Å². The summed E-state index contributed by atoms with van der Waals surface area (Å²) < 4.78 is 17.3. The van der Waals surface area contributed by atoms with Gasteiger partial charge in [-0.1, -0.05) is 26.3 Å². The fraction of sp³-hybridized carbons (Fsp3) is 0.800. The Morgan fingerprint density at radius 1 is 1.10 bits per heavy atom. The molecule has 0 bridgehead atoms. The first kappa shape index (κ1) is 20.6. The molecule has 0 N–H and O–H groups in total. The molecule has 0 saturated heterocycles.